The summed E-state index contributed by atoms with van der Waals surface area (Å²) in [5.74, 6) is 1.79. The third kappa shape index (κ3) is 3.30. The largest absolute Gasteiger partial charge is 0.416 e. The van der Waals surface area contributed by atoms with Gasteiger partial charge in [0.15, 0.2) is 0 Å². The molecule has 2 atom stereocenters. The molecule has 3 aliphatic rings. The molecular weight excluding hydrogens is 361 g/mol. The molecule has 3 heterocycles. The lowest BCUT2D eigenvalue weighted by Gasteiger charge is -2.47. The van der Waals surface area contributed by atoms with Crippen LogP contribution in [0.5, 0.6) is 0 Å². The zero-order chi connectivity index (χ0) is 18.3. The lowest BCUT2D eigenvalue weighted by atomic mass is 9.79. The Morgan fingerprint density at radius 3 is 2.62 bits per heavy atom. The van der Waals surface area contributed by atoms with E-state index in [4.69, 9.17) is 0 Å². The summed E-state index contributed by atoms with van der Waals surface area (Å²) in [7, 11) is 0. The molecule has 2 fully saturated rings. The van der Waals surface area contributed by atoms with Crippen LogP contribution in [0, 0.1) is 5.92 Å². The number of fused-ring (bicyclic) bond motifs is 3. The van der Waals surface area contributed by atoms with E-state index in [-0.39, 0.29) is 17.9 Å². The van der Waals surface area contributed by atoms with E-state index in [0.717, 1.165) is 56.1 Å². The van der Waals surface area contributed by atoms with Gasteiger partial charge in [0, 0.05) is 42.9 Å². The monoisotopic (exact) mass is 384 g/mol. The van der Waals surface area contributed by atoms with E-state index in [2.05, 4.69) is 4.90 Å². The summed E-state index contributed by atoms with van der Waals surface area (Å²) in [5, 5.41) is 0. The molecule has 0 bridgehead atoms. The first-order valence-corrected chi connectivity index (χ1v) is 10.4. The number of halogens is 3. The van der Waals surface area contributed by atoms with Crippen LogP contribution in [0.2, 0.25) is 0 Å². The summed E-state index contributed by atoms with van der Waals surface area (Å²) in [4.78, 5) is 17.3. The molecule has 2 unspecified atom stereocenters. The van der Waals surface area contributed by atoms with Crippen LogP contribution in [0.1, 0.15) is 30.4 Å². The first-order valence-electron chi connectivity index (χ1n) is 9.28. The summed E-state index contributed by atoms with van der Waals surface area (Å²) >= 11 is 1.85. The average Bonchev–Trinajstić information content (AvgIpc) is 2.66. The van der Waals surface area contributed by atoms with E-state index >= 15 is 0 Å². The maximum Gasteiger partial charge on any atom is 0.416 e. The summed E-state index contributed by atoms with van der Waals surface area (Å²) in [5.41, 5.74) is 0.941. The van der Waals surface area contributed by atoms with Crippen molar-refractivity contribution in [1.82, 2.24) is 4.90 Å². The summed E-state index contributed by atoms with van der Waals surface area (Å²) < 4.78 is 39.4. The minimum atomic E-state index is -4.35. The van der Waals surface area contributed by atoms with Gasteiger partial charge in [-0.05, 0) is 49.4 Å². The lowest BCUT2D eigenvalue weighted by Crippen LogP contribution is -2.54. The molecule has 0 N–H and O–H groups in total. The number of hydrogen-bond donors (Lipinski definition) is 0. The molecule has 7 heteroatoms. The van der Waals surface area contributed by atoms with E-state index < -0.39 is 11.7 Å². The summed E-state index contributed by atoms with van der Waals surface area (Å²) in [6.07, 6.45) is -0.880. The highest BCUT2D eigenvalue weighted by molar-refractivity contribution is 7.99. The molecular formula is C19H23F3N2OS. The van der Waals surface area contributed by atoms with Crippen LogP contribution in [-0.4, -0.2) is 48.0 Å². The number of carbonyl (C=O) groups excluding carboxylic acids is 1. The Bertz CT molecular complexity index is 688. The Hall–Kier alpha value is -1.37. The third-order valence-corrected chi connectivity index (χ3v) is 6.75. The number of benzene rings is 1. The van der Waals surface area contributed by atoms with Gasteiger partial charge in [-0.2, -0.15) is 24.9 Å². The van der Waals surface area contributed by atoms with Crippen molar-refractivity contribution in [2.45, 2.75) is 37.9 Å². The van der Waals surface area contributed by atoms with Gasteiger partial charge < -0.3 is 9.80 Å². The minimum Gasteiger partial charge on any atom is -0.368 e. The predicted octanol–water partition coefficient (Wildman–Crippen LogP) is 3.81. The second kappa shape index (κ2) is 6.98. The molecule has 4 rings (SSSR count). The van der Waals surface area contributed by atoms with Crippen molar-refractivity contribution in [3.8, 4) is 0 Å². The third-order valence-electron chi connectivity index (χ3n) is 5.81. The van der Waals surface area contributed by atoms with Gasteiger partial charge in [-0.1, -0.05) is 0 Å². The van der Waals surface area contributed by atoms with Crippen molar-refractivity contribution in [2.24, 2.45) is 5.92 Å². The molecule has 2 saturated heterocycles. The van der Waals surface area contributed by atoms with Crippen LogP contribution >= 0.6 is 11.8 Å². The number of piperidine rings is 1. The molecule has 1 aromatic carbocycles. The van der Waals surface area contributed by atoms with E-state index in [0.29, 0.717) is 12.0 Å². The fraction of sp³-hybridized carbons (Fsp3) is 0.632. The van der Waals surface area contributed by atoms with E-state index in [9.17, 15) is 18.0 Å². The number of amides is 1. The van der Waals surface area contributed by atoms with Gasteiger partial charge in [0.1, 0.15) is 0 Å². The number of thioether (sulfide) groups is 1. The molecule has 142 valence electrons. The molecule has 0 aliphatic carbocycles. The van der Waals surface area contributed by atoms with Crippen molar-refractivity contribution in [2.75, 3.05) is 36.0 Å². The van der Waals surface area contributed by atoms with Gasteiger partial charge in [0.05, 0.1) is 11.5 Å². The highest BCUT2D eigenvalue weighted by Gasteiger charge is 2.42. The van der Waals surface area contributed by atoms with Crippen LogP contribution in [0.4, 0.5) is 18.9 Å². The van der Waals surface area contributed by atoms with Gasteiger partial charge in [-0.25, -0.2) is 0 Å². The molecule has 1 aromatic rings. The van der Waals surface area contributed by atoms with Crippen LogP contribution in [-0.2, 0) is 17.4 Å². The summed E-state index contributed by atoms with van der Waals surface area (Å²) in [6.45, 7) is 2.33. The molecule has 3 nitrogen and oxygen atoms in total. The highest BCUT2D eigenvalue weighted by atomic mass is 32.2. The Labute approximate surface area is 155 Å². The topological polar surface area (TPSA) is 23.6 Å². The first kappa shape index (κ1) is 18.0. The fourth-order valence-corrected chi connectivity index (χ4v) is 5.43. The lowest BCUT2D eigenvalue weighted by molar-refractivity contribution is -0.137. The number of hydrogen-bond acceptors (Lipinski definition) is 3. The number of rotatable bonds is 1. The van der Waals surface area contributed by atoms with Crippen LogP contribution < -0.4 is 4.90 Å². The fourth-order valence-electron chi connectivity index (χ4n) is 4.52. The highest BCUT2D eigenvalue weighted by Crippen LogP contribution is 2.41. The van der Waals surface area contributed by atoms with Crippen molar-refractivity contribution < 1.29 is 18.0 Å². The van der Waals surface area contributed by atoms with Crippen LogP contribution in [0.25, 0.3) is 0 Å². The number of alkyl halides is 3. The minimum absolute atomic E-state index is 0.120. The molecule has 3 aliphatic heterocycles. The van der Waals surface area contributed by atoms with Gasteiger partial charge in [-0.15, -0.1) is 0 Å². The van der Waals surface area contributed by atoms with Gasteiger partial charge in [-0.3, -0.25) is 4.79 Å². The average molecular weight is 384 g/mol. The normalized spacial score (nSPS) is 26.3. The number of nitrogens with zero attached hydrogens (tertiary/aromatic N) is 2. The number of carbonyl (C=O) groups is 1. The van der Waals surface area contributed by atoms with E-state index in [1.54, 1.807) is 6.07 Å². The second-order valence-electron chi connectivity index (χ2n) is 7.35. The Kier molecular flexibility index (Phi) is 4.84. The summed E-state index contributed by atoms with van der Waals surface area (Å²) in [6, 6.07) is 4.16. The van der Waals surface area contributed by atoms with Crippen molar-refractivity contribution >= 4 is 23.4 Å². The molecule has 0 spiro atoms. The molecule has 0 radical (unpaired) electrons. The first-order chi connectivity index (χ1) is 12.4. The van der Waals surface area contributed by atoms with Gasteiger partial charge in [0.2, 0.25) is 5.91 Å². The number of anilines is 1. The van der Waals surface area contributed by atoms with E-state index in [1.807, 2.05) is 16.7 Å². The zero-order valence-electron chi connectivity index (χ0n) is 14.6. The van der Waals surface area contributed by atoms with Crippen molar-refractivity contribution in [1.29, 1.82) is 0 Å². The Balaban J connectivity index is 1.67. The molecule has 0 aromatic heterocycles. The molecule has 1 amide bonds. The second-order valence-corrected chi connectivity index (χ2v) is 8.57. The molecule has 26 heavy (non-hydrogen) atoms. The van der Waals surface area contributed by atoms with Crippen LogP contribution in [0.3, 0.4) is 0 Å². The standard InChI is InChI=1S/C19H23F3N2OS/c20-19(21,22)14-4-5-16-13(11-14)12-15(17-3-1-2-6-24(16)17)18(25)23-7-9-26-10-8-23/h4-5,11,15,17H,1-3,6-10,12H2. The Morgan fingerprint density at radius 2 is 1.88 bits per heavy atom. The molecule has 0 saturated carbocycles. The van der Waals surface area contributed by atoms with Gasteiger partial charge in [0.25, 0.3) is 0 Å². The SMILES string of the molecule is O=C(C1Cc2cc(C(F)(F)F)ccc2N2CCCCC12)N1CCSCC1. The van der Waals surface area contributed by atoms with E-state index in [1.165, 1.54) is 12.1 Å². The zero-order valence-corrected chi connectivity index (χ0v) is 15.4. The van der Waals surface area contributed by atoms with Gasteiger partial charge >= 0.3 is 6.18 Å². The smallest absolute Gasteiger partial charge is 0.368 e. The quantitative estimate of drug-likeness (QED) is 0.736. The maximum atomic E-state index is 13.2. The van der Waals surface area contributed by atoms with Crippen molar-refractivity contribution in [3.63, 3.8) is 0 Å². The maximum absolute atomic E-state index is 13.2. The predicted molar refractivity (Wildman–Crippen MR) is 97.5 cm³/mol. The Morgan fingerprint density at radius 1 is 1.12 bits per heavy atom. The van der Waals surface area contributed by atoms with Crippen molar-refractivity contribution in [3.05, 3.63) is 29.3 Å². The van der Waals surface area contributed by atoms with Crippen LogP contribution in [0.15, 0.2) is 18.2 Å².